The highest BCUT2D eigenvalue weighted by Gasteiger charge is 2.37. The molecule has 0 radical (unpaired) electrons. The van der Waals surface area contributed by atoms with Gasteiger partial charge in [0, 0.05) is 11.6 Å². The average molecular weight is 402 g/mol. The number of nitrogens with zero attached hydrogens (tertiary/aromatic N) is 3. The molecule has 8 heteroatoms. The fourth-order valence-electron chi connectivity index (χ4n) is 3.54. The van der Waals surface area contributed by atoms with Crippen molar-refractivity contribution >= 4 is 16.9 Å². The molecule has 1 N–H and O–H groups in total. The zero-order chi connectivity index (χ0) is 20.8. The van der Waals surface area contributed by atoms with Gasteiger partial charge in [-0.3, -0.25) is 4.79 Å². The first-order valence-electron chi connectivity index (χ1n) is 9.53. The van der Waals surface area contributed by atoms with Crippen molar-refractivity contribution < 1.29 is 18.0 Å². The predicted octanol–water partition coefficient (Wildman–Crippen LogP) is 4.51. The monoisotopic (exact) mass is 402 g/mol. The number of alkyl halides is 3. The lowest BCUT2D eigenvalue weighted by Gasteiger charge is -2.15. The summed E-state index contributed by atoms with van der Waals surface area (Å²) in [4.78, 5) is 17.0. The number of fused-ring (bicyclic) bond motifs is 1. The Morgan fingerprint density at radius 3 is 2.59 bits per heavy atom. The molecule has 1 fully saturated rings. The molecule has 0 spiro atoms. The van der Waals surface area contributed by atoms with Crippen LogP contribution < -0.4 is 5.32 Å². The SMILES string of the molecule is Cc1nn(CC(=O)N[C@@H](C)c2ccccc2)c2nc(C3CC3)cc(C(F)(F)F)c12. The molecule has 1 atom stereocenters. The maximum atomic E-state index is 13.6. The van der Waals surface area contributed by atoms with Gasteiger partial charge >= 0.3 is 6.18 Å². The first kappa shape index (κ1) is 19.4. The number of rotatable bonds is 5. The number of carbonyl (C=O) groups excluding carboxylic acids is 1. The van der Waals surface area contributed by atoms with Crippen LogP contribution >= 0.6 is 0 Å². The summed E-state index contributed by atoms with van der Waals surface area (Å²) >= 11 is 0. The summed E-state index contributed by atoms with van der Waals surface area (Å²) in [6.07, 6.45) is -2.84. The molecule has 29 heavy (non-hydrogen) atoms. The zero-order valence-corrected chi connectivity index (χ0v) is 16.1. The summed E-state index contributed by atoms with van der Waals surface area (Å²) < 4.78 is 42.2. The maximum absolute atomic E-state index is 13.6. The number of hydrogen-bond acceptors (Lipinski definition) is 3. The Bertz CT molecular complexity index is 1060. The van der Waals surface area contributed by atoms with Gasteiger partial charge in [0.2, 0.25) is 5.91 Å². The molecule has 1 aliphatic rings. The van der Waals surface area contributed by atoms with Crippen LogP contribution in [0.2, 0.25) is 0 Å². The van der Waals surface area contributed by atoms with Crippen LogP contribution in [-0.2, 0) is 17.5 Å². The number of benzene rings is 1. The Balaban J connectivity index is 1.65. The molecule has 152 valence electrons. The van der Waals surface area contributed by atoms with Crippen LogP contribution in [0, 0.1) is 6.92 Å². The third-order valence-corrected chi connectivity index (χ3v) is 5.17. The third-order valence-electron chi connectivity index (χ3n) is 5.17. The van der Waals surface area contributed by atoms with E-state index in [1.165, 1.54) is 11.6 Å². The van der Waals surface area contributed by atoms with Crippen molar-refractivity contribution in [2.45, 2.75) is 51.4 Å². The molecule has 0 saturated heterocycles. The molecule has 1 aromatic carbocycles. The van der Waals surface area contributed by atoms with Crippen molar-refractivity contribution in [3.8, 4) is 0 Å². The molecule has 1 amide bonds. The minimum Gasteiger partial charge on any atom is -0.348 e. The van der Waals surface area contributed by atoms with Crippen molar-refractivity contribution in [2.24, 2.45) is 0 Å². The predicted molar refractivity (Wildman–Crippen MR) is 102 cm³/mol. The highest BCUT2D eigenvalue weighted by atomic mass is 19.4. The molecule has 2 aromatic heterocycles. The van der Waals surface area contributed by atoms with E-state index in [2.05, 4.69) is 15.4 Å². The molecule has 0 aliphatic heterocycles. The van der Waals surface area contributed by atoms with E-state index in [1.54, 1.807) is 0 Å². The van der Waals surface area contributed by atoms with Gasteiger partial charge in [-0.1, -0.05) is 30.3 Å². The summed E-state index contributed by atoms with van der Waals surface area (Å²) in [7, 11) is 0. The first-order chi connectivity index (χ1) is 13.7. The molecule has 5 nitrogen and oxygen atoms in total. The van der Waals surface area contributed by atoms with Gasteiger partial charge in [0.1, 0.15) is 6.54 Å². The zero-order valence-electron chi connectivity index (χ0n) is 16.1. The third kappa shape index (κ3) is 3.97. The van der Waals surface area contributed by atoms with Gasteiger partial charge in [0.25, 0.3) is 0 Å². The first-order valence-corrected chi connectivity index (χ1v) is 9.53. The molecule has 1 aliphatic carbocycles. The number of pyridine rings is 1. The second-order valence-corrected chi connectivity index (χ2v) is 7.51. The number of aromatic nitrogens is 3. The molecule has 4 rings (SSSR count). The normalized spacial score (nSPS) is 15.5. The second-order valence-electron chi connectivity index (χ2n) is 7.51. The van der Waals surface area contributed by atoms with Gasteiger partial charge < -0.3 is 5.32 Å². The molecule has 0 unspecified atom stereocenters. The summed E-state index contributed by atoms with van der Waals surface area (Å²) in [6.45, 7) is 3.17. The highest BCUT2D eigenvalue weighted by molar-refractivity contribution is 5.85. The van der Waals surface area contributed by atoms with Crippen LogP contribution in [-0.4, -0.2) is 20.7 Å². The summed E-state index contributed by atoms with van der Waals surface area (Å²) in [5, 5.41) is 7.03. The van der Waals surface area contributed by atoms with E-state index in [4.69, 9.17) is 0 Å². The number of nitrogens with one attached hydrogen (secondary N) is 1. The second kappa shape index (κ2) is 7.17. The number of amides is 1. The topological polar surface area (TPSA) is 59.8 Å². The minimum absolute atomic E-state index is 0.0363. The van der Waals surface area contributed by atoms with Crippen LogP contribution in [0.4, 0.5) is 13.2 Å². The van der Waals surface area contributed by atoms with Gasteiger partial charge in [-0.15, -0.1) is 0 Å². The standard InChI is InChI=1S/C21H21F3N4O/c1-12(14-6-4-3-5-7-14)25-18(29)11-28-20-19(13(2)27-28)16(21(22,23)24)10-17(26-20)15-8-9-15/h3-7,10,12,15H,8-9,11H2,1-2H3,(H,25,29)/t12-/m0/s1. The van der Waals surface area contributed by atoms with E-state index in [0.29, 0.717) is 5.69 Å². The van der Waals surface area contributed by atoms with E-state index < -0.39 is 11.7 Å². The van der Waals surface area contributed by atoms with Crippen molar-refractivity contribution in [1.29, 1.82) is 0 Å². The van der Waals surface area contributed by atoms with Crippen molar-refractivity contribution in [1.82, 2.24) is 20.1 Å². The van der Waals surface area contributed by atoms with Gasteiger partial charge in [0.15, 0.2) is 5.65 Å². The maximum Gasteiger partial charge on any atom is 0.417 e. The fourth-order valence-corrected chi connectivity index (χ4v) is 3.54. The lowest BCUT2D eigenvalue weighted by molar-refractivity contribution is -0.136. The molecule has 0 bridgehead atoms. The number of halogens is 3. The smallest absolute Gasteiger partial charge is 0.348 e. The molecule has 1 saturated carbocycles. The van der Waals surface area contributed by atoms with Gasteiger partial charge in [-0.2, -0.15) is 18.3 Å². The van der Waals surface area contributed by atoms with Crippen LogP contribution in [0.3, 0.4) is 0 Å². The Kier molecular flexibility index (Phi) is 4.80. The van der Waals surface area contributed by atoms with Crippen molar-refractivity contribution in [3.05, 3.63) is 58.9 Å². The summed E-state index contributed by atoms with van der Waals surface area (Å²) in [6, 6.07) is 10.4. The summed E-state index contributed by atoms with van der Waals surface area (Å²) in [5.74, 6) is -0.283. The van der Waals surface area contributed by atoms with Crippen LogP contribution in [0.25, 0.3) is 11.0 Å². The van der Waals surface area contributed by atoms with Crippen LogP contribution in [0.1, 0.15) is 54.2 Å². The largest absolute Gasteiger partial charge is 0.417 e. The van der Waals surface area contributed by atoms with Crippen LogP contribution in [0.15, 0.2) is 36.4 Å². The van der Waals surface area contributed by atoms with E-state index >= 15 is 0 Å². The Morgan fingerprint density at radius 2 is 1.97 bits per heavy atom. The van der Waals surface area contributed by atoms with Gasteiger partial charge in [0.05, 0.1) is 22.7 Å². The number of carbonyl (C=O) groups is 1. The molecule has 2 heterocycles. The minimum atomic E-state index is -4.51. The van der Waals surface area contributed by atoms with Crippen molar-refractivity contribution in [3.63, 3.8) is 0 Å². The molecule has 3 aromatic rings. The molecular weight excluding hydrogens is 381 g/mol. The number of aryl methyl sites for hydroxylation is 1. The fraction of sp³-hybridized carbons (Fsp3) is 0.381. The Labute approximate surface area is 165 Å². The van der Waals surface area contributed by atoms with E-state index in [1.807, 2.05) is 37.3 Å². The lowest BCUT2D eigenvalue weighted by atomic mass is 10.1. The lowest BCUT2D eigenvalue weighted by Crippen LogP contribution is -2.30. The van der Waals surface area contributed by atoms with Gasteiger partial charge in [-0.25, -0.2) is 9.67 Å². The quantitative estimate of drug-likeness (QED) is 0.683. The average Bonchev–Trinajstić information content (AvgIpc) is 3.47. The van der Waals surface area contributed by atoms with Crippen molar-refractivity contribution in [2.75, 3.05) is 0 Å². The Hall–Kier alpha value is -2.90. The van der Waals surface area contributed by atoms with E-state index in [-0.39, 0.29) is 41.1 Å². The number of hydrogen-bond donors (Lipinski definition) is 1. The van der Waals surface area contributed by atoms with E-state index in [9.17, 15) is 18.0 Å². The van der Waals surface area contributed by atoms with Crippen LogP contribution in [0.5, 0.6) is 0 Å². The molecular formula is C21H21F3N4O. The van der Waals surface area contributed by atoms with E-state index in [0.717, 1.165) is 24.5 Å². The van der Waals surface area contributed by atoms with Gasteiger partial charge in [-0.05, 0) is 38.3 Å². The summed E-state index contributed by atoms with van der Waals surface area (Å²) in [5.41, 5.74) is 0.957. The Morgan fingerprint density at radius 1 is 1.28 bits per heavy atom. The highest BCUT2D eigenvalue weighted by Crippen LogP contribution is 2.43.